The quantitative estimate of drug-likeness (QED) is 0.784. The van der Waals surface area contributed by atoms with Crippen LogP contribution in [0, 0.1) is 0 Å². The Labute approximate surface area is 116 Å². The van der Waals surface area contributed by atoms with Crippen molar-refractivity contribution in [1.29, 1.82) is 0 Å². The number of anilines is 1. The Morgan fingerprint density at radius 2 is 2.00 bits per heavy atom. The van der Waals surface area contributed by atoms with Gasteiger partial charge in [-0.05, 0) is 44.9 Å². The fourth-order valence-corrected chi connectivity index (χ4v) is 2.06. The Bertz CT molecular complexity index is 401. The Hall–Kier alpha value is -1.51. The standard InChI is InChI=1S/C16H26N2O/c1-5-8-14(6-2)18-15-10-7-9-13(11-15)16(19)17-12(3)4/h7,9-12,14,18H,5-6,8H2,1-4H3,(H,17,19). The molecule has 0 aliphatic heterocycles. The SMILES string of the molecule is CCCC(CC)Nc1cccc(C(=O)NC(C)C)c1. The predicted octanol–water partition coefficient (Wildman–Crippen LogP) is 3.82. The Balaban J connectivity index is 2.73. The molecular formula is C16H26N2O. The lowest BCUT2D eigenvalue weighted by Crippen LogP contribution is -2.30. The topological polar surface area (TPSA) is 41.1 Å². The van der Waals surface area contributed by atoms with Crippen molar-refractivity contribution >= 4 is 11.6 Å². The molecule has 19 heavy (non-hydrogen) atoms. The molecule has 0 heterocycles. The van der Waals surface area contributed by atoms with Crippen LogP contribution in [0.15, 0.2) is 24.3 Å². The van der Waals surface area contributed by atoms with Crippen LogP contribution in [-0.4, -0.2) is 18.0 Å². The molecule has 2 N–H and O–H groups in total. The molecule has 1 amide bonds. The molecule has 0 bridgehead atoms. The summed E-state index contributed by atoms with van der Waals surface area (Å²) in [4.78, 5) is 11.9. The number of benzene rings is 1. The van der Waals surface area contributed by atoms with Crippen LogP contribution in [0.4, 0.5) is 5.69 Å². The first kappa shape index (κ1) is 15.5. The summed E-state index contributed by atoms with van der Waals surface area (Å²) in [6.45, 7) is 8.31. The maximum absolute atomic E-state index is 11.9. The molecule has 0 fully saturated rings. The predicted molar refractivity (Wildman–Crippen MR) is 81.7 cm³/mol. The van der Waals surface area contributed by atoms with E-state index in [1.54, 1.807) is 0 Å². The monoisotopic (exact) mass is 262 g/mol. The molecule has 1 rings (SSSR count). The number of carbonyl (C=O) groups is 1. The highest BCUT2D eigenvalue weighted by Crippen LogP contribution is 2.15. The molecule has 3 heteroatoms. The second-order valence-corrected chi connectivity index (χ2v) is 5.25. The van der Waals surface area contributed by atoms with Gasteiger partial charge in [-0.15, -0.1) is 0 Å². The summed E-state index contributed by atoms with van der Waals surface area (Å²) in [5.74, 6) is -0.0119. The van der Waals surface area contributed by atoms with E-state index in [1.807, 2.05) is 38.1 Å². The molecule has 0 aliphatic rings. The molecule has 1 unspecified atom stereocenters. The van der Waals surface area contributed by atoms with Crippen LogP contribution < -0.4 is 10.6 Å². The maximum Gasteiger partial charge on any atom is 0.251 e. The molecule has 1 aromatic carbocycles. The van der Waals surface area contributed by atoms with E-state index in [0.29, 0.717) is 11.6 Å². The molecule has 1 aromatic rings. The van der Waals surface area contributed by atoms with Gasteiger partial charge in [0, 0.05) is 23.3 Å². The normalized spacial score (nSPS) is 12.3. The van der Waals surface area contributed by atoms with E-state index in [9.17, 15) is 4.79 Å². The highest BCUT2D eigenvalue weighted by Gasteiger charge is 2.09. The molecule has 0 radical (unpaired) electrons. The average Bonchev–Trinajstić information content (AvgIpc) is 2.37. The number of amides is 1. The maximum atomic E-state index is 11.9. The summed E-state index contributed by atoms with van der Waals surface area (Å²) >= 11 is 0. The van der Waals surface area contributed by atoms with Gasteiger partial charge in [0.05, 0.1) is 0 Å². The van der Waals surface area contributed by atoms with Crippen molar-refractivity contribution in [1.82, 2.24) is 5.32 Å². The van der Waals surface area contributed by atoms with Crippen molar-refractivity contribution in [3.05, 3.63) is 29.8 Å². The Kier molecular flexibility index (Phi) is 6.40. The fraction of sp³-hybridized carbons (Fsp3) is 0.562. The van der Waals surface area contributed by atoms with Gasteiger partial charge in [-0.1, -0.05) is 26.3 Å². The van der Waals surface area contributed by atoms with Crippen LogP contribution in [0.25, 0.3) is 0 Å². The van der Waals surface area contributed by atoms with Crippen LogP contribution in [0.5, 0.6) is 0 Å². The summed E-state index contributed by atoms with van der Waals surface area (Å²) in [6, 6.07) is 8.36. The zero-order valence-corrected chi connectivity index (χ0v) is 12.5. The molecule has 106 valence electrons. The Morgan fingerprint density at radius 3 is 2.58 bits per heavy atom. The highest BCUT2D eigenvalue weighted by atomic mass is 16.1. The third kappa shape index (κ3) is 5.33. The number of rotatable bonds is 7. The largest absolute Gasteiger partial charge is 0.382 e. The first-order chi connectivity index (χ1) is 9.06. The molecule has 3 nitrogen and oxygen atoms in total. The fourth-order valence-electron chi connectivity index (χ4n) is 2.06. The lowest BCUT2D eigenvalue weighted by Gasteiger charge is -2.18. The minimum atomic E-state index is -0.0119. The summed E-state index contributed by atoms with van der Waals surface area (Å²) in [5, 5.41) is 6.41. The molecule has 0 saturated carbocycles. The van der Waals surface area contributed by atoms with Crippen LogP contribution in [0.3, 0.4) is 0 Å². The van der Waals surface area contributed by atoms with Gasteiger partial charge in [0.2, 0.25) is 0 Å². The molecule has 0 aliphatic carbocycles. The van der Waals surface area contributed by atoms with Crippen LogP contribution >= 0.6 is 0 Å². The molecule has 0 aromatic heterocycles. The van der Waals surface area contributed by atoms with Gasteiger partial charge in [0.25, 0.3) is 5.91 Å². The van der Waals surface area contributed by atoms with Crippen molar-refractivity contribution < 1.29 is 4.79 Å². The summed E-state index contributed by atoms with van der Waals surface area (Å²) in [5.41, 5.74) is 1.74. The summed E-state index contributed by atoms with van der Waals surface area (Å²) in [7, 11) is 0. The minimum absolute atomic E-state index is 0.0119. The van der Waals surface area contributed by atoms with Crippen LogP contribution in [0.1, 0.15) is 57.3 Å². The zero-order valence-electron chi connectivity index (χ0n) is 12.5. The second kappa shape index (κ2) is 7.82. The highest BCUT2D eigenvalue weighted by molar-refractivity contribution is 5.95. The van der Waals surface area contributed by atoms with E-state index in [4.69, 9.17) is 0 Å². The molecule has 1 atom stereocenters. The van der Waals surface area contributed by atoms with E-state index in [2.05, 4.69) is 24.5 Å². The lowest BCUT2D eigenvalue weighted by atomic mass is 10.1. The first-order valence-corrected chi connectivity index (χ1v) is 7.24. The minimum Gasteiger partial charge on any atom is -0.382 e. The number of hydrogen-bond donors (Lipinski definition) is 2. The number of hydrogen-bond acceptors (Lipinski definition) is 2. The van der Waals surface area contributed by atoms with E-state index < -0.39 is 0 Å². The average molecular weight is 262 g/mol. The van der Waals surface area contributed by atoms with Gasteiger partial charge in [-0.2, -0.15) is 0 Å². The molecular weight excluding hydrogens is 236 g/mol. The second-order valence-electron chi connectivity index (χ2n) is 5.25. The van der Waals surface area contributed by atoms with Crippen molar-refractivity contribution in [2.24, 2.45) is 0 Å². The third-order valence-electron chi connectivity index (χ3n) is 3.05. The molecule has 0 spiro atoms. The van der Waals surface area contributed by atoms with Gasteiger partial charge in [0.1, 0.15) is 0 Å². The Morgan fingerprint density at radius 1 is 1.26 bits per heavy atom. The number of carbonyl (C=O) groups excluding carboxylic acids is 1. The van der Waals surface area contributed by atoms with E-state index in [-0.39, 0.29) is 11.9 Å². The van der Waals surface area contributed by atoms with E-state index >= 15 is 0 Å². The van der Waals surface area contributed by atoms with Crippen molar-refractivity contribution in [3.8, 4) is 0 Å². The van der Waals surface area contributed by atoms with Gasteiger partial charge in [0.15, 0.2) is 0 Å². The van der Waals surface area contributed by atoms with Gasteiger partial charge >= 0.3 is 0 Å². The van der Waals surface area contributed by atoms with E-state index in [0.717, 1.165) is 18.5 Å². The van der Waals surface area contributed by atoms with Gasteiger partial charge in [-0.25, -0.2) is 0 Å². The smallest absolute Gasteiger partial charge is 0.251 e. The van der Waals surface area contributed by atoms with Crippen LogP contribution in [0.2, 0.25) is 0 Å². The van der Waals surface area contributed by atoms with Crippen molar-refractivity contribution in [2.75, 3.05) is 5.32 Å². The first-order valence-electron chi connectivity index (χ1n) is 7.24. The van der Waals surface area contributed by atoms with Crippen molar-refractivity contribution in [2.45, 2.75) is 59.0 Å². The third-order valence-corrected chi connectivity index (χ3v) is 3.05. The van der Waals surface area contributed by atoms with Crippen LogP contribution in [-0.2, 0) is 0 Å². The van der Waals surface area contributed by atoms with Gasteiger partial charge in [-0.3, -0.25) is 4.79 Å². The lowest BCUT2D eigenvalue weighted by molar-refractivity contribution is 0.0943. The number of nitrogens with one attached hydrogen (secondary N) is 2. The van der Waals surface area contributed by atoms with E-state index in [1.165, 1.54) is 6.42 Å². The summed E-state index contributed by atoms with van der Waals surface area (Å²) < 4.78 is 0. The summed E-state index contributed by atoms with van der Waals surface area (Å²) in [6.07, 6.45) is 3.41. The zero-order chi connectivity index (χ0) is 14.3. The van der Waals surface area contributed by atoms with Gasteiger partial charge < -0.3 is 10.6 Å². The molecule has 0 saturated heterocycles. The van der Waals surface area contributed by atoms with Crippen molar-refractivity contribution in [3.63, 3.8) is 0 Å².